The van der Waals surface area contributed by atoms with Gasteiger partial charge in [-0.2, -0.15) is 0 Å². The summed E-state index contributed by atoms with van der Waals surface area (Å²) in [4.78, 5) is 10.2. The van der Waals surface area contributed by atoms with E-state index >= 15 is 0 Å². The third-order valence-electron chi connectivity index (χ3n) is 1.69. The molecule has 0 aliphatic rings. The predicted molar refractivity (Wildman–Crippen MR) is 50.4 cm³/mol. The Morgan fingerprint density at radius 3 is 2.31 bits per heavy atom. The number of hydrogen-bond acceptors (Lipinski definition) is 2. The van der Waals surface area contributed by atoms with Crippen molar-refractivity contribution >= 4 is 5.97 Å². The second kappa shape index (κ2) is 5.19. The Kier molecular flexibility index (Phi) is 4.95. The van der Waals surface area contributed by atoms with Gasteiger partial charge in [0.1, 0.15) is 12.6 Å². The minimum Gasteiger partial charge on any atom is -0.481 e. The molecule has 0 amide bonds. The maximum atomic E-state index is 10.2. The van der Waals surface area contributed by atoms with E-state index < -0.39 is 5.97 Å². The first-order valence-electron chi connectivity index (χ1n) is 4.51. The summed E-state index contributed by atoms with van der Waals surface area (Å²) in [7, 11) is 6.00. The number of nitrogens with zero attached hydrogens (tertiary/aromatic N) is 1. The molecule has 0 bridgehead atoms. The Hall–Kier alpha value is -0.610. The van der Waals surface area contributed by atoms with Crippen molar-refractivity contribution in [1.82, 2.24) is 0 Å². The van der Waals surface area contributed by atoms with Gasteiger partial charge in [-0.3, -0.25) is 4.79 Å². The number of aliphatic hydroxyl groups excluding tert-OH is 1. The number of carboxylic acid groups (broad SMARTS) is 1. The molecule has 4 heteroatoms. The fraction of sp³-hybridized carbons (Fsp3) is 0.889. The lowest BCUT2D eigenvalue weighted by atomic mass is 10.1. The van der Waals surface area contributed by atoms with Crippen LogP contribution >= 0.6 is 0 Å². The lowest BCUT2D eigenvalue weighted by Crippen LogP contribution is -2.41. The standard InChI is InChI=1S/C9H19NO3/c1-10(2,3)7-8(11)5-4-6-9(12)13/h8,11H,4-7H2,1-3H3/p+1. The van der Waals surface area contributed by atoms with Gasteiger partial charge in [-0.05, 0) is 12.8 Å². The highest BCUT2D eigenvalue weighted by molar-refractivity contribution is 5.66. The summed E-state index contributed by atoms with van der Waals surface area (Å²) in [5.41, 5.74) is 0. The highest BCUT2D eigenvalue weighted by Crippen LogP contribution is 2.04. The van der Waals surface area contributed by atoms with E-state index in [0.717, 1.165) is 0 Å². The Bertz CT molecular complexity index is 163. The number of aliphatic carboxylic acids is 1. The molecular formula is C9H20NO3+. The van der Waals surface area contributed by atoms with Crippen molar-refractivity contribution in [2.24, 2.45) is 0 Å². The summed E-state index contributed by atoms with van der Waals surface area (Å²) < 4.78 is 0.703. The molecule has 0 rings (SSSR count). The van der Waals surface area contributed by atoms with Crippen molar-refractivity contribution in [2.45, 2.75) is 25.4 Å². The van der Waals surface area contributed by atoms with Gasteiger partial charge in [-0.15, -0.1) is 0 Å². The first-order chi connectivity index (χ1) is 5.81. The Labute approximate surface area is 79.4 Å². The molecule has 2 N–H and O–H groups in total. The highest BCUT2D eigenvalue weighted by Gasteiger charge is 2.15. The minimum absolute atomic E-state index is 0.147. The first kappa shape index (κ1) is 12.4. The van der Waals surface area contributed by atoms with E-state index in [1.54, 1.807) is 0 Å². The zero-order valence-corrected chi connectivity index (χ0v) is 8.66. The fourth-order valence-corrected chi connectivity index (χ4v) is 1.21. The zero-order chi connectivity index (χ0) is 10.5. The first-order valence-corrected chi connectivity index (χ1v) is 4.51. The van der Waals surface area contributed by atoms with Crippen LogP contribution in [0.2, 0.25) is 0 Å². The summed E-state index contributed by atoms with van der Waals surface area (Å²) in [6.07, 6.45) is 0.881. The molecule has 78 valence electrons. The van der Waals surface area contributed by atoms with Crippen LogP contribution < -0.4 is 0 Å². The van der Waals surface area contributed by atoms with E-state index in [9.17, 15) is 9.90 Å². The molecule has 0 aromatic heterocycles. The lowest BCUT2D eigenvalue weighted by Gasteiger charge is -2.26. The van der Waals surface area contributed by atoms with Crippen molar-refractivity contribution in [2.75, 3.05) is 27.7 Å². The van der Waals surface area contributed by atoms with Gasteiger partial charge >= 0.3 is 5.97 Å². The summed E-state index contributed by atoms with van der Waals surface area (Å²) in [5, 5.41) is 17.9. The number of carbonyl (C=O) groups is 1. The number of carboxylic acids is 1. The van der Waals surface area contributed by atoms with Gasteiger partial charge in [-0.1, -0.05) is 0 Å². The summed E-state index contributed by atoms with van der Waals surface area (Å²) in [6.45, 7) is 0.666. The van der Waals surface area contributed by atoms with Gasteiger partial charge in [0.05, 0.1) is 21.1 Å². The van der Waals surface area contributed by atoms with E-state index in [-0.39, 0.29) is 12.5 Å². The van der Waals surface area contributed by atoms with Crippen molar-refractivity contribution in [1.29, 1.82) is 0 Å². The van der Waals surface area contributed by atoms with E-state index in [1.807, 2.05) is 21.1 Å². The lowest BCUT2D eigenvalue weighted by molar-refractivity contribution is -0.873. The maximum Gasteiger partial charge on any atom is 0.303 e. The van der Waals surface area contributed by atoms with Crippen LogP contribution in [0.25, 0.3) is 0 Å². The molecule has 0 saturated carbocycles. The number of hydrogen-bond donors (Lipinski definition) is 2. The van der Waals surface area contributed by atoms with Crippen molar-refractivity contribution in [3.63, 3.8) is 0 Å². The molecule has 0 aromatic rings. The quantitative estimate of drug-likeness (QED) is 0.593. The van der Waals surface area contributed by atoms with Crippen molar-refractivity contribution in [3.05, 3.63) is 0 Å². The maximum absolute atomic E-state index is 10.2. The predicted octanol–water partition coefficient (Wildman–Crippen LogP) is 0.308. The van der Waals surface area contributed by atoms with Crippen LogP contribution in [0.1, 0.15) is 19.3 Å². The molecule has 1 unspecified atom stereocenters. The number of aliphatic hydroxyl groups is 1. The summed E-state index contributed by atoms with van der Waals surface area (Å²) >= 11 is 0. The van der Waals surface area contributed by atoms with E-state index in [4.69, 9.17) is 5.11 Å². The third-order valence-corrected chi connectivity index (χ3v) is 1.69. The molecular weight excluding hydrogens is 170 g/mol. The van der Waals surface area contributed by atoms with Crippen LogP contribution in [-0.4, -0.2) is 54.5 Å². The molecule has 0 heterocycles. The number of likely N-dealkylation sites (N-methyl/N-ethyl adjacent to an activating group) is 1. The van der Waals surface area contributed by atoms with Crippen molar-refractivity contribution < 1.29 is 19.5 Å². The molecule has 0 radical (unpaired) electrons. The molecule has 0 saturated heterocycles. The van der Waals surface area contributed by atoms with Gasteiger partial charge < -0.3 is 14.7 Å². The minimum atomic E-state index is -0.794. The number of quaternary nitrogens is 1. The molecule has 0 spiro atoms. The van der Waals surface area contributed by atoms with Gasteiger partial charge in [-0.25, -0.2) is 0 Å². The fourth-order valence-electron chi connectivity index (χ4n) is 1.21. The largest absolute Gasteiger partial charge is 0.481 e. The third kappa shape index (κ3) is 9.30. The SMILES string of the molecule is C[N+](C)(C)CC(O)CCCC(=O)O. The molecule has 0 aliphatic carbocycles. The smallest absolute Gasteiger partial charge is 0.303 e. The summed E-state index contributed by atoms with van der Waals surface area (Å²) in [6, 6.07) is 0. The zero-order valence-electron chi connectivity index (χ0n) is 8.66. The van der Waals surface area contributed by atoms with E-state index in [1.165, 1.54) is 0 Å². The van der Waals surface area contributed by atoms with Crippen LogP contribution in [0, 0.1) is 0 Å². The molecule has 4 nitrogen and oxygen atoms in total. The summed E-state index contributed by atoms with van der Waals surface area (Å²) in [5.74, 6) is -0.794. The monoisotopic (exact) mass is 190 g/mol. The Balaban J connectivity index is 3.52. The van der Waals surface area contributed by atoms with Crippen LogP contribution in [0.4, 0.5) is 0 Å². The number of rotatable bonds is 6. The average molecular weight is 190 g/mol. The Morgan fingerprint density at radius 2 is 1.92 bits per heavy atom. The normalized spacial score (nSPS) is 14.2. The second-order valence-corrected chi connectivity index (χ2v) is 4.41. The average Bonchev–Trinajstić information content (AvgIpc) is 1.81. The van der Waals surface area contributed by atoms with Crippen LogP contribution in [0.5, 0.6) is 0 Å². The van der Waals surface area contributed by atoms with Gasteiger partial charge in [0.15, 0.2) is 0 Å². The molecule has 0 fully saturated rings. The van der Waals surface area contributed by atoms with Gasteiger partial charge in [0.25, 0.3) is 0 Å². The van der Waals surface area contributed by atoms with Gasteiger partial charge in [0.2, 0.25) is 0 Å². The highest BCUT2D eigenvalue weighted by atomic mass is 16.4. The van der Waals surface area contributed by atoms with E-state index in [0.29, 0.717) is 23.9 Å². The molecule has 0 aromatic carbocycles. The van der Waals surface area contributed by atoms with Crippen LogP contribution in [0.15, 0.2) is 0 Å². The molecule has 0 aliphatic heterocycles. The second-order valence-electron chi connectivity index (χ2n) is 4.41. The Morgan fingerprint density at radius 1 is 1.38 bits per heavy atom. The topological polar surface area (TPSA) is 57.5 Å². The molecule has 1 atom stereocenters. The van der Waals surface area contributed by atoms with E-state index in [2.05, 4.69) is 0 Å². The molecule has 13 heavy (non-hydrogen) atoms. The van der Waals surface area contributed by atoms with Crippen LogP contribution in [0.3, 0.4) is 0 Å². The van der Waals surface area contributed by atoms with Crippen molar-refractivity contribution in [3.8, 4) is 0 Å². The van der Waals surface area contributed by atoms with Gasteiger partial charge in [0, 0.05) is 6.42 Å². The van der Waals surface area contributed by atoms with Crippen LogP contribution in [-0.2, 0) is 4.79 Å².